The largest absolute Gasteiger partial charge is 0.457 e. The van der Waals surface area contributed by atoms with Crippen molar-refractivity contribution in [2.45, 2.75) is 19.9 Å². The van der Waals surface area contributed by atoms with Gasteiger partial charge in [0.05, 0.1) is 10.2 Å². The zero-order valence-electron chi connectivity index (χ0n) is 15.8. The minimum Gasteiger partial charge on any atom is -0.457 e. The summed E-state index contributed by atoms with van der Waals surface area (Å²) in [5.41, 5.74) is 1.36. The molecule has 0 saturated carbocycles. The van der Waals surface area contributed by atoms with Crippen molar-refractivity contribution in [2.24, 2.45) is 4.99 Å². The molecule has 0 bridgehead atoms. The van der Waals surface area contributed by atoms with Gasteiger partial charge in [0.25, 0.3) is 5.91 Å². The van der Waals surface area contributed by atoms with Crippen molar-refractivity contribution in [1.82, 2.24) is 4.57 Å². The molecule has 0 spiro atoms. The Labute approximate surface area is 171 Å². The third-order valence-electron chi connectivity index (χ3n) is 4.37. The lowest BCUT2D eigenvalue weighted by atomic mass is 10.2. The number of amides is 1. The summed E-state index contributed by atoms with van der Waals surface area (Å²) < 4.78 is 22.1. The van der Waals surface area contributed by atoms with Crippen LogP contribution in [-0.4, -0.2) is 10.5 Å². The van der Waals surface area contributed by atoms with Gasteiger partial charge in [0.2, 0.25) is 0 Å². The molecule has 6 heteroatoms. The highest BCUT2D eigenvalue weighted by Crippen LogP contribution is 2.22. The van der Waals surface area contributed by atoms with E-state index in [4.69, 9.17) is 4.74 Å². The number of para-hydroxylation sites is 1. The maximum Gasteiger partial charge on any atom is 0.279 e. The Hall–Kier alpha value is -3.25. The molecular weight excluding hydrogens is 387 g/mol. The van der Waals surface area contributed by atoms with E-state index in [1.54, 1.807) is 30.3 Å². The van der Waals surface area contributed by atoms with Gasteiger partial charge in [-0.25, -0.2) is 4.39 Å². The standard InChI is InChI=1S/C23H19FN2O2S/c1-2-14-26-20-13-10-17(24)15-21(20)29-23(26)25-22(27)16-8-11-19(12-9-16)28-18-6-4-3-5-7-18/h3-13,15H,2,14H2,1H3. The van der Waals surface area contributed by atoms with Crippen molar-refractivity contribution in [3.63, 3.8) is 0 Å². The second kappa shape index (κ2) is 8.41. The number of aromatic nitrogens is 1. The number of halogens is 1. The van der Waals surface area contributed by atoms with Crippen molar-refractivity contribution < 1.29 is 13.9 Å². The molecule has 0 unspecified atom stereocenters. The molecule has 146 valence electrons. The van der Waals surface area contributed by atoms with Gasteiger partial charge in [-0.3, -0.25) is 4.79 Å². The number of rotatable bonds is 5. The smallest absolute Gasteiger partial charge is 0.279 e. The zero-order chi connectivity index (χ0) is 20.2. The maximum absolute atomic E-state index is 13.6. The average molecular weight is 406 g/mol. The molecule has 1 amide bonds. The van der Waals surface area contributed by atoms with Gasteiger partial charge >= 0.3 is 0 Å². The molecule has 3 aromatic carbocycles. The minimum absolute atomic E-state index is 0.297. The third kappa shape index (κ3) is 4.27. The minimum atomic E-state index is -0.340. The summed E-state index contributed by atoms with van der Waals surface area (Å²) in [5, 5.41) is 0. The van der Waals surface area contributed by atoms with Crippen LogP contribution in [0.5, 0.6) is 11.5 Å². The normalized spacial score (nSPS) is 11.7. The monoisotopic (exact) mass is 406 g/mol. The Bertz CT molecular complexity index is 1210. The summed E-state index contributed by atoms with van der Waals surface area (Å²) in [7, 11) is 0. The molecule has 4 aromatic rings. The second-order valence-electron chi connectivity index (χ2n) is 6.50. The molecular formula is C23H19FN2O2S. The number of hydrogen-bond donors (Lipinski definition) is 0. The van der Waals surface area contributed by atoms with Crippen molar-refractivity contribution in [3.05, 3.63) is 89.0 Å². The van der Waals surface area contributed by atoms with E-state index in [0.29, 0.717) is 22.7 Å². The maximum atomic E-state index is 13.6. The van der Waals surface area contributed by atoms with Crippen LogP contribution >= 0.6 is 11.3 Å². The number of thiazole rings is 1. The average Bonchev–Trinajstić information content (AvgIpc) is 3.05. The van der Waals surface area contributed by atoms with E-state index in [0.717, 1.165) is 22.4 Å². The van der Waals surface area contributed by atoms with Crippen LogP contribution in [0.2, 0.25) is 0 Å². The van der Waals surface area contributed by atoms with Crippen LogP contribution < -0.4 is 9.54 Å². The lowest BCUT2D eigenvalue weighted by Gasteiger charge is -2.05. The topological polar surface area (TPSA) is 43.6 Å². The lowest BCUT2D eigenvalue weighted by molar-refractivity contribution is 0.0998. The van der Waals surface area contributed by atoms with Gasteiger partial charge in [-0.1, -0.05) is 36.5 Å². The van der Waals surface area contributed by atoms with Crippen molar-refractivity contribution in [1.29, 1.82) is 0 Å². The van der Waals surface area contributed by atoms with Crippen LogP contribution in [0.15, 0.2) is 77.8 Å². The predicted molar refractivity (Wildman–Crippen MR) is 113 cm³/mol. The molecule has 0 atom stereocenters. The summed E-state index contributed by atoms with van der Waals surface area (Å²) in [5.74, 6) is 0.739. The first-order valence-electron chi connectivity index (χ1n) is 9.35. The van der Waals surface area contributed by atoms with Gasteiger partial charge in [0.1, 0.15) is 17.3 Å². The quantitative estimate of drug-likeness (QED) is 0.421. The molecule has 1 heterocycles. The molecule has 0 saturated heterocycles. The first-order valence-corrected chi connectivity index (χ1v) is 10.2. The number of fused-ring (bicyclic) bond motifs is 1. The van der Waals surface area contributed by atoms with Crippen LogP contribution in [-0.2, 0) is 6.54 Å². The van der Waals surface area contributed by atoms with E-state index in [9.17, 15) is 9.18 Å². The molecule has 4 nitrogen and oxygen atoms in total. The van der Waals surface area contributed by atoms with Crippen LogP contribution in [0.25, 0.3) is 10.2 Å². The number of ether oxygens (including phenoxy) is 1. The molecule has 0 aliphatic heterocycles. The molecule has 4 rings (SSSR count). The number of carbonyl (C=O) groups is 1. The van der Waals surface area contributed by atoms with E-state index in [1.165, 1.54) is 23.5 Å². The molecule has 1 aromatic heterocycles. The third-order valence-corrected chi connectivity index (χ3v) is 5.41. The van der Waals surface area contributed by atoms with Crippen LogP contribution in [0.3, 0.4) is 0 Å². The molecule has 0 fully saturated rings. The van der Waals surface area contributed by atoms with Crippen LogP contribution in [0.1, 0.15) is 23.7 Å². The number of nitrogens with zero attached hydrogens (tertiary/aromatic N) is 2. The zero-order valence-corrected chi connectivity index (χ0v) is 16.7. The first-order chi connectivity index (χ1) is 14.1. The molecule has 0 aliphatic rings. The Balaban J connectivity index is 1.63. The van der Waals surface area contributed by atoms with Gasteiger partial charge in [-0.15, -0.1) is 0 Å². The Morgan fingerprint density at radius 2 is 1.76 bits per heavy atom. The van der Waals surface area contributed by atoms with E-state index in [-0.39, 0.29) is 11.7 Å². The van der Waals surface area contributed by atoms with Crippen molar-refractivity contribution in [3.8, 4) is 11.5 Å². The Kier molecular flexibility index (Phi) is 5.53. The van der Waals surface area contributed by atoms with Gasteiger partial charge in [0, 0.05) is 12.1 Å². The van der Waals surface area contributed by atoms with Crippen LogP contribution in [0.4, 0.5) is 4.39 Å². The lowest BCUT2D eigenvalue weighted by Crippen LogP contribution is -2.16. The predicted octanol–water partition coefficient (Wildman–Crippen LogP) is 5.79. The Morgan fingerprint density at radius 1 is 1.03 bits per heavy atom. The number of hydrogen-bond acceptors (Lipinski definition) is 3. The molecule has 0 aliphatic carbocycles. The molecule has 0 radical (unpaired) electrons. The second-order valence-corrected chi connectivity index (χ2v) is 7.51. The van der Waals surface area contributed by atoms with E-state index in [2.05, 4.69) is 11.9 Å². The van der Waals surface area contributed by atoms with Crippen molar-refractivity contribution in [2.75, 3.05) is 0 Å². The first kappa shape index (κ1) is 19.1. The number of aryl methyl sites for hydroxylation is 1. The fourth-order valence-corrected chi connectivity index (χ4v) is 4.09. The summed E-state index contributed by atoms with van der Waals surface area (Å²) in [4.78, 5) is 17.6. The van der Waals surface area contributed by atoms with Gasteiger partial charge in [-0.05, 0) is 61.0 Å². The van der Waals surface area contributed by atoms with E-state index in [1.807, 2.05) is 34.9 Å². The van der Waals surface area contributed by atoms with Gasteiger partial charge in [-0.2, -0.15) is 4.99 Å². The number of benzene rings is 3. The number of carbonyl (C=O) groups excluding carboxylic acids is 1. The highest BCUT2D eigenvalue weighted by Gasteiger charge is 2.10. The SMILES string of the molecule is CCCn1c(=NC(=O)c2ccc(Oc3ccccc3)cc2)sc2cc(F)ccc21. The van der Waals surface area contributed by atoms with E-state index >= 15 is 0 Å². The van der Waals surface area contributed by atoms with Crippen LogP contribution in [0, 0.1) is 5.82 Å². The summed E-state index contributed by atoms with van der Waals surface area (Å²) >= 11 is 1.32. The van der Waals surface area contributed by atoms with Gasteiger partial charge < -0.3 is 9.30 Å². The summed E-state index contributed by atoms with van der Waals surface area (Å²) in [6.45, 7) is 2.76. The Morgan fingerprint density at radius 3 is 2.48 bits per heavy atom. The fraction of sp³-hybridized carbons (Fsp3) is 0.130. The van der Waals surface area contributed by atoms with Crippen molar-refractivity contribution >= 4 is 27.5 Å². The molecule has 29 heavy (non-hydrogen) atoms. The molecule has 0 N–H and O–H groups in total. The van der Waals surface area contributed by atoms with Gasteiger partial charge in [0.15, 0.2) is 4.80 Å². The summed E-state index contributed by atoms with van der Waals surface area (Å²) in [6, 6.07) is 21.0. The highest BCUT2D eigenvalue weighted by molar-refractivity contribution is 7.16. The highest BCUT2D eigenvalue weighted by atomic mass is 32.1. The fourth-order valence-electron chi connectivity index (χ4n) is 3.01. The summed E-state index contributed by atoms with van der Waals surface area (Å²) in [6.07, 6.45) is 0.885. The van der Waals surface area contributed by atoms with E-state index < -0.39 is 0 Å².